The fourth-order valence-electron chi connectivity index (χ4n) is 1.40. The Morgan fingerprint density at radius 3 is 3.00 bits per heavy atom. The van der Waals surface area contributed by atoms with Crippen LogP contribution in [-0.2, 0) is 11.3 Å². The number of aryl methyl sites for hydroxylation is 1. The van der Waals surface area contributed by atoms with Crippen molar-refractivity contribution in [3.05, 3.63) is 18.0 Å². The predicted molar refractivity (Wildman–Crippen MR) is 59.6 cm³/mol. The molecule has 0 fully saturated rings. The van der Waals surface area contributed by atoms with Crippen molar-refractivity contribution >= 4 is 0 Å². The fourth-order valence-corrected chi connectivity index (χ4v) is 1.40. The molecular weight excluding hydrogens is 192 g/mol. The van der Waals surface area contributed by atoms with Crippen LogP contribution < -0.4 is 11.1 Å². The first-order valence-electron chi connectivity index (χ1n) is 5.26. The Bertz CT molecular complexity index is 274. The van der Waals surface area contributed by atoms with Gasteiger partial charge in [-0.1, -0.05) is 0 Å². The lowest BCUT2D eigenvalue weighted by Gasteiger charge is -2.14. The van der Waals surface area contributed by atoms with Crippen molar-refractivity contribution in [2.75, 3.05) is 26.8 Å². The molecule has 1 rings (SSSR count). The van der Waals surface area contributed by atoms with Gasteiger partial charge >= 0.3 is 0 Å². The van der Waals surface area contributed by atoms with E-state index in [2.05, 4.69) is 17.3 Å². The smallest absolute Gasteiger partial charge is 0.0587 e. The van der Waals surface area contributed by atoms with E-state index in [1.807, 2.05) is 17.1 Å². The molecule has 0 saturated carbocycles. The predicted octanol–water partition coefficient (Wildman–Crippen LogP) is 0.139. The van der Waals surface area contributed by atoms with E-state index in [1.54, 1.807) is 7.11 Å². The molecule has 0 radical (unpaired) electrons. The highest BCUT2D eigenvalue weighted by atomic mass is 16.5. The van der Waals surface area contributed by atoms with Gasteiger partial charge in [0.05, 0.1) is 12.8 Å². The number of hydrogen-bond donors (Lipinski definition) is 2. The van der Waals surface area contributed by atoms with Gasteiger partial charge in [-0.15, -0.1) is 0 Å². The zero-order valence-electron chi connectivity index (χ0n) is 9.44. The molecule has 5 nitrogen and oxygen atoms in total. The summed E-state index contributed by atoms with van der Waals surface area (Å²) in [5, 5.41) is 7.54. The summed E-state index contributed by atoms with van der Waals surface area (Å²) < 4.78 is 6.87. The number of nitrogens with one attached hydrogen (secondary N) is 1. The quantitative estimate of drug-likeness (QED) is 0.631. The highest BCUT2D eigenvalue weighted by Gasteiger charge is 2.10. The van der Waals surface area contributed by atoms with Gasteiger partial charge in [0.25, 0.3) is 0 Å². The lowest BCUT2D eigenvalue weighted by Crippen LogP contribution is -2.30. The molecule has 1 aromatic heterocycles. The molecule has 3 N–H and O–H groups in total. The molecular formula is C10H20N4O. The average Bonchev–Trinajstić information content (AvgIpc) is 2.73. The van der Waals surface area contributed by atoms with Crippen molar-refractivity contribution in [1.82, 2.24) is 15.1 Å². The summed E-state index contributed by atoms with van der Waals surface area (Å²) in [7, 11) is 1.69. The molecule has 86 valence electrons. The minimum atomic E-state index is 0.167. The van der Waals surface area contributed by atoms with Crippen LogP contribution in [0.15, 0.2) is 12.4 Å². The first kappa shape index (κ1) is 12.2. The largest absolute Gasteiger partial charge is 0.383 e. The van der Waals surface area contributed by atoms with Crippen LogP contribution in [0.25, 0.3) is 0 Å². The van der Waals surface area contributed by atoms with Gasteiger partial charge in [-0.25, -0.2) is 0 Å². The lowest BCUT2D eigenvalue weighted by atomic mass is 10.1. The first-order chi connectivity index (χ1) is 7.31. The molecule has 0 aromatic carbocycles. The number of methoxy groups -OCH3 is 1. The Balaban J connectivity index is 2.49. The molecule has 0 aliphatic heterocycles. The number of ether oxygens (including phenoxy) is 1. The van der Waals surface area contributed by atoms with E-state index in [4.69, 9.17) is 10.5 Å². The minimum Gasteiger partial charge on any atom is -0.383 e. The third-order valence-corrected chi connectivity index (χ3v) is 2.31. The highest BCUT2D eigenvalue weighted by Crippen LogP contribution is 2.09. The van der Waals surface area contributed by atoms with Gasteiger partial charge in [0, 0.05) is 44.5 Å². The van der Waals surface area contributed by atoms with E-state index in [9.17, 15) is 0 Å². The number of nitrogens with two attached hydrogens (primary N) is 1. The average molecular weight is 212 g/mol. The monoisotopic (exact) mass is 212 g/mol. The summed E-state index contributed by atoms with van der Waals surface area (Å²) in [6, 6.07) is 0.167. The number of rotatable bonds is 7. The maximum absolute atomic E-state index is 5.70. The summed E-state index contributed by atoms with van der Waals surface area (Å²) in [6.07, 6.45) is 3.89. The van der Waals surface area contributed by atoms with E-state index in [-0.39, 0.29) is 6.04 Å². The zero-order chi connectivity index (χ0) is 11.1. The minimum absolute atomic E-state index is 0.167. The second kappa shape index (κ2) is 6.55. The van der Waals surface area contributed by atoms with Crippen LogP contribution in [0.2, 0.25) is 0 Å². The van der Waals surface area contributed by atoms with Crippen molar-refractivity contribution in [3.63, 3.8) is 0 Å². The van der Waals surface area contributed by atoms with E-state index in [1.165, 1.54) is 0 Å². The molecule has 1 unspecified atom stereocenters. The Morgan fingerprint density at radius 1 is 1.67 bits per heavy atom. The Labute approximate surface area is 90.6 Å². The van der Waals surface area contributed by atoms with E-state index >= 15 is 0 Å². The van der Waals surface area contributed by atoms with Gasteiger partial charge in [0.2, 0.25) is 0 Å². The van der Waals surface area contributed by atoms with Crippen molar-refractivity contribution in [2.45, 2.75) is 19.5 Å². The number of hydrogen-bond acceptors (Lipinski definition) is 4. The van der Waals surface area contributed by atoms with Gasteiger partial charge in [-0.3, -0.25) is 4.68 Å². The van der Waals surface area contributed by atoms with E-state index in [0.29, 0.717) is 13.2 Å². The van der Waals surface area contributed by atoms with E-state index in [0.717, 1.165) is 18.7 Å². The third kappa shape index (κ3) is 3.62. The van der Waals surface area contributed by atoms with Gasteiger partial charge < -0.3 is 15.8 Å². The summed E-state index contributed by atoms with van der Waals surface area (Å²) in [5.41, 5.74) is 6.83. The molecule has 0 amide bonds. The van der Waals surface area contributed by atoms with Gasteiger partial charge in [0.1, 0.15) is 0 Å². The van der Waals surface area contributed by atoms with Crippen LogP contribution in [0.3, 0.4) is 0 Å². The van der Waals surface area contributed by atoms with Gasteiger partial charge in [-0.05, 0) is 6.92 Å². The number of aromatic nitrogens is 2. The molecule has 0 saturated heterocycles. The first-order valence-corrected chi connectivity index (χ1v) is 5.26. The van der Waals surface area contributed by atoms with Crippen molar-refractivity contribution in [2.24, 2.45) is 5.73 Å². The molecule has 1 aromatic rings. The Hall–Kier alpha value is -0.910. The maximum Gasteiger partial charge on any atom is 0.0587 e. The maximum atomic E-state index is 5.70. The number of nitrogens with zero attached hydrogens (tertiary/aromatic N) is 2. The van der Waals surface area contributed by atoms with Crippen molar-refractivity contribution < 1.29 is 4.74 Å². The van der Waals surface area contributed by atoms with Crippen molar-refractivity contribution in [3.8, 4) is 0 Å². The lowest BCUT2D eigenvalue weighted by molar-refractivity contribution is 0.196. The fraction of sp³-hybridized carbons (Fsp3) is 0.700. The van der Waals surface area contributed by atoms with Crippen molar-refractivity contribution in [1.29, 1.82) is 0 Å². The Morgan fingerprint density at radius 2 is 2.47 bits per heavy atom. The van der Waals surface area contributed by atoms with Gasteiger partial charge in [0.15, 0.2) is 0 Å². The van der Waals surface area contributed by atoms with Crippen LogP contribution in [0.1, 0.15) is 18.5 Å². The van der Waals surface area contributed by atoms with Crippen LogP contribution in [-0.4, -0.2) is 36.6 Å². The molecule has 15 heavy (non-hydrogen) atoms. The Kier molecular flexibility index (Phi) is 5.31. The van der Waals surface area contributed by atoms with Gasteiger partial charge in [-0.2, -0.15) is 5.10 Å². The summed E-state index contributed by atoms with van der Waals surface area (Å²) in [4.78, 5) is 0. The second-order valence-corrected chi connectivity index (χ2v) is 3.36. The zero-order valence-corrected chi connectivity index (χ0v) is 9.44. The molecule has 0 aliphatic carbocycles. The second-order valence-electron chi connectivity index (χ2n) is 3.36. The molecule has 1 atom stereocenters. The van der Waals surface area contributed by atoms with Crippen LogP contribution >= 0.6 is 0 Å². The SMILES string of the molecule is CCn1cc(C(CN)NCCOC)cn1. The van der Waals surface area contributed by atoms with Crippen LogP contribution in [0.5, 0.6) is 0 Å². The molecule has 0 spiro atoms. The standard InChI is InChI=1S/C10H20N4O/c1-3-14-8-9(7-13-14)10(6-11)12-4-5-15-2/h7-8,10,12H,3-6,11H2,1-2H3. The molecule has 1 heterocycles. The normalized spacial score (nSPS) is 13.0. The van der Waals surface area contributed by atoms with Crippen LogP contribution in [0, 0.1) is 0 Å². The third-order valence-electron chi connectivity index (χ3n) is 2.31. The molecule has 0 bridgehead atoms. The molecule has 0 aliphatic rings. The highest BCUT2D eigenvalue weighted by molar-refractivity contribution is 5.10. The van der Waals surface area contributed by atoms with Crippen LogP contribution in [0.4, 0.5) is 0 Å². The molecule has 5 heteroatoms. The summed E-state index contributed by atoms with van der Waals surface area (Å²) >= 11 is 0. The topological polar surface area (TPSA) is 65.1 Å². The van der Waals surface area contributed by atoms with E-state index < -0.39 is 0 Å². The summed E-state index contributed by atoms with van der Waals surface area (Å²) in [5.74, 6) is 0. The summed E-state index contributed by atoms with van der Waals surface area (Å²) in [6.45, 7) is 5.01.